The number of carbonyl (C=O) groups excluding carboxylic acids is 2. The summed E-state index contributed by atoms with van der Waals surface area (Å²) in [6.07, 6.45) is 0. The molecule has 0 bridgehead atoms. The van der Waals surface area contributed by atoms with E-state index in [1.165, 1.54) is 0 Å². The lowest BCUT2D eigenvalue weighted by atomic mass is 10.0. The van der Waals surface area contributed by atoms with E-state index in [9.17, 15) is 9.59 Å². The molecule has 2 amide bonds. The van der Waals surface area contributed by atoms with Crippen molar-refractivity contribution < 1.29 is 23.8 Å². The molecule has 0 fully saturated rings. The largest absolute Gasteiger partial charge is 0.489 e. The number of ether oxygens (including phenoxy) is 3. The molecule has 1 atom stereocenters. The Morgan fingerprint density at radius 3 is 2.56 bits per heavy atom. The molecule has 0 saturated carbocycles. The molecular formula is C27H28N2O5. The Hall–Kier alpha value is -4.00. The van der Waals surface area contributed by atoms with E-state index >= 15 is 0 Å². The van der Waals surface area contributed by atoms with Gasteiger partial charge in [0.15, 0.2) is 11.5 Å². The van der Waals surface area contributed by atoms with E-state index in [1.54, 1.807) is 12.1 Å². The maximum Gasteiger partial charge on any atom is 0.252 e. The Kier molecular flexibility index (Phi) is 7.01. The zero-order chi connectivity index (χ0) is 24.1. The minimum absolute atomic E-state index is 0.0921. The summed E-state index contributed by atoms with van der Waals surface area (Å²) in [4.78, 5) is 25.8. The van der Waals surface area contributed by atoms with Gasteiger partial charge in [-0.1, -0.05) is 44.2 Å². The zero-order valence-corrected chi connectivity index (χ0v) is 19.5. The minimum atomic E-state index is -0.680. The van der Waals surface area contributed by atoms with Crippen molar-refractivity contribution in [3.8, 4) is 17.2 Å². The van der Waals surface area contributed by atoms with E-state index in [0.29, 0.717) is 35.1 Å². The third-order valence-electron chi connectivity index (χ3n) is 5.57. The molecule has 1 aliphatic heterocycles. The molecule has 3 aromatic carbocycles. The van der Waals surface area contributed by atoms with Crippen LogP contribution in [0, 0.1) is 12.8 Å². The van der Waals surface area contributed by atoms with Gasteiger partial charge in [0.25, 0.3) is 5.91 Å². The van der Waals surface area contributed by atoms with Gasteiger partial charge in [0.1, 0.15) is 18.4 Å². The van der Waals surface area contributed by atoms with E-state index in [-0.39, 0.29) is 24.5 Å². The fourth-order valence-corrected chi connectivity index (χ4v) is 3.67. The maximum atomic E-state index is 13.0. The number of rotatable bonds is 8. The fourth-order valence-electron chi connectivity index (χ4n) is 3.67. The molecule has 0 radical (unpaired) electrons. The van der Waals surface area contributed by atoms with Crippen LogP contribution in [0.25, 0.3) is 0 Å². The summed E-state index contributed by atoms with van der Waals surface area (Å²) in [5.74, 6) is 1.39. The van der Waals surface area contributed by atoms with Crippen LogP contribution in [0.1, 0.15) is 35.3 Å². The van der Waals surface area contributed by atoms with Gasteiger partial charge in [0.2, 0.25) is 12.7 Å². The number of amides is 2. The van der Waals surface area contributed by atoms with Gasteiger partial charge in [-0.05, 0) is 54.3 Å². The van der Waals surface area contributed by atoms with Crippen LogP contribution >= 0.6 is 0 Å². The second-order valence-corrected chi connectivity index (χ2v) is 8.50. The average molecular weight is 461 g/mol. The number of aryl methyl sites for hydroxylation is 1. The number of carbonyl (C=O) groups is 2. The van der Waals surface area contributed by atoms with Gasteiger partial charge >= 0.3 is 0 Å². The summed E-state index contributed by atoms with van der Waals surface area (Å²) >= 11 is 0. The fraction of sp³-hybridized carbons (Fsp3) is 0.259. The van der Waals surface area contributed by atoms with Gasteiger partial charge in [0.05, 0.1) is 0 Å². The highest BCUT2D eigenvalue weighted by Crippen LogP contribution is 2.35. The number of anilines is 1. The minimum Gasteiger partial charge on any atom is -0.489 e. The van der Waals surface area contributed by atoms with Crippen molar-refractivity contribution >= 4 is 17.5 Å². The van der Waals surface area contributed by atoms with Crippen LogP contribution in [0.15, 0.2) is 66.7 Å². The molecule has 7 nitrogen and oxygen atoms in total. The normalized spacial score (nSPS) is 12.8. The number of fused-ring (bicyclic) bond motifs is 1. The summed E-state index contributed by atoms with van der Waals surface area (Å²) < 4.78 is 16.6. The SMILES string of the molecule is Cc1ccccc1C(=O)NC(C(=O)Nc1cccc(COc2ccc3c(c2)OCO3)c1)C(C)C. The highest BCUT2D eigenvalue weighted by atomic mass is 16.7. The molecule has 34 heavy (non-hydrogen) atoms. The van der Waals surface area contributed by atoms with Crippen LogP contribution in [-0.2, 0) is 11.4 Å². The number of nitrogens with one attached hydrogen (secondary N) is 2. The monoisotopic (exact) mass is 460 g/mol. The number of hydrogen-bond donors (Lipinski definition) is 2. The molecule has 4 rings (SSSR count). The van der Waals surface area contributed by atoms with E-state index in [0.717, 1.165) is 11.1 Å². The first-order valence-electron chi connectivity index (χ1n) is 11.2. The van der Waals surface area contributed by atoms with Crippen molar-refractivity contribution in [3.63, 3.8) is 0 Å². The lowest BCUT2D eigenvalue weighted by molar-refractivity contribution is -0.118. The van der Waals surface area contributed by atoms with Gasteiger partial charge in [-0.3, -0.25) is 9.59 Å². The van der Waals surface area contributed by atoms with E-state index in [2.05, 4.69) is 10.6 Å². The molecule has 0 aliphatic carbocycles. The van der Waals surface area contributed by atoms with Gasteiger partial charge < -0.3 is 24.8 Å². The highest BCUT2D eigenvalue weighted by Gasteiger charge is 2.25. The molecule has 2 N–H and O–H groups in total. The van der Waals surface area contributed by atoms with Crippen LogP contribution in [0.3, 0.4) is 0 Å². The van der Waals surface area contributed by atoms with Gasteiger partial charge in [-0.15, -0.1) is 0 Å². The Balaban J connectivity index is 1.39. The Morgan fingerprint density at radius 2 is 1.76 bits per heavy atom. The third-order valence-corrected chi connectivity index (χ3v) is 5.57. The van der Waals surface area contributed by atoms with Crippen LogP contribution in [0.2, 0.25) is 0 Å². The highest BCUT2D eigenvalue weighted by molar-refractivity contribution is 6.01. The Morgan fingerprint density at radius 1 is 0.971 bits per heavy atom. The van der Waals surface area contributed by atoms with E-state index in [4.69, 9.17) is 14.2 Å². The van der Waals surface area contributed by atoms with Gasteiger partial charge in [0, 0.05) is 17.3 Å². The van der Waals surface area contributed by atoms with Crippen LogP contribution in [-0.4, -0.2) is 24.6 Å². The van der Waals surface area contributed by atoms with E-state index < -0.39 is 6.04 Å². The molecular weight excluding hydrogens is 432 g/mol. The zero-order valence-electron chi connectivity index (χ0n) is 19.5. The van der Waals surface area contributed by atoms with Crippen LogP contribution < -0.4 is 24.8 Å². The predicted molar refractivity (Wildman–Crippen MR) is 129 cm³/mol. The third kappa shape index (κ3) is 5.49. The predicted octanol–water partition coefficient (Wildman–Crippen LogP) is 4.70. The summed E-state index contributed by atoms with van der Waals surface area (Å²) in [7, 11) is 0. The number of benzene rings is 3. The quantitative estimate of drug-likeness (QED) is 0.509. The van der Waals surface area contributed by atoms with Crippen LogP contribution in [0.4, 0.5) is 5.69 Å². The Bertz CT molecular complexity index is 1190. The first-order chi connectivity index (χ1) is 16.4. The van der Waals surface area contributed by atoms with Crippen molar-refractivity contribution in [2.24, 2.45) is 5.92 Å². The van der Waals surface area contributed by atoms with Crippen molar-refractivity contribution in [1.29, 1.82) is 0 Å². The molecule has 1 aliphatic rings. The number of hydrogen-bond acceptors (Lipinski definition) is 5. The smallest absolute Gasteiger partial charge is 0.252 e. The Labute approximate surface area is 199 Å². The summed E-state index contributed by atoms with van der Waals surface area (Å²) in [6, 6.07) is 19.5. The lowest BCUT2D eigenvalue weighted by Crippen LogP contribution is -2.47. The molecule has 3 aromatic rings. The first kappa shape index (κ1) is 23.2. The second kappa shape index (κ2) is 10.3. The first-order valence-corrected chi connectivity index (χ1v) is 11.2. The second-order valence-electron chi connectivity index (χ2n) is 8.50. The van der Waals surface area contributed by atoms with Crippen LogP contribution in [0.5, 0.6) is 17.2 Å². The van der Waals surface area contributed by atoms with Crippen molar-refractivity contribution in [3.05, 3.63) is 83.4 Å². The average Bonchev–Trinajstić information content (AvgIpc) is 3.29. The summed E-state index contributed by atoms with van der Waals surface area (Å²) in [5.41, 5.74) is 2.94. The standard InChI is InChI=1S/C27H28N2O5/c1-17(2)25(29-26(30)22-10-5-4-7-18(22)3)27(31)28-20-9-6-8-19(13-20)15-32-21-11-12-23-24(14-21)34-16-33-23/h4-14,17,25H,15-16H2,1-3H3,(H,28,31)(H,29,30). The maximum absolute atomic E-state index is 13.0. The molecule has 0 saturated heterocycles. The van der Waals surface area contributed by atoms with E-state index in [1.807, 2.05) is 75.4 Å². The molecule has 0 spiro atoms. The van der Waals surface area contributed by atoms with Gasteiger partial charge in [-0.25, -0.2) is 0 Å². The molecule has 1 unspecified atom stereocenters. The molecule has 176 valence electrons. The molecule has 0 aromatic heterocycles. The lowest BCUT2D eigenvalue weighted by Gasteiger charge is -2.22. The molecule has 7 heteroatoms. The van der Waals surface area contributed by atoms with Crippen molar-refractivity contribution in [1.82, 2.24) is 5.32 Å². The summed E-state index contributed by atoms with van der Waals surface area (Å²) in [5, 5.41) is 5.80. The van der Waals surface area contributed by atoms with Crippen molar-refractivity contribution in [2.45, 2.75) is 33.4 Å². The van der Waals surface area contributed by atoms with Crippen molar-refractivity contribution in [2.75, 3.05) is 12.1 Å². The topological polar surface area (TPSA) is 85.9 Å². The van der Waals surface area contributed by atoms with Gasteiger partial charge in [-0.2, -0.15) is 0 Å². The molecule has 1 heterocycles. The summed E-state index contributed by atoms with van der Waals surface area (Å²) in [6.45, 7) is 6.21.